The summed E-state index contributed by atoms with van der Waals surface area (Å²) < 4.78 is 2.38. The maximum Gasteiger partial charge on any atom is 0.230 e. The maximum absolute atomic E-state index is 12.3. The number of nitrogens with zero attached hydrogens (tertiary/aromatic N) is 6. The average Bonchev–Trinajstić information content (AvgIpc) is 3.35. The molecule has 4 rings (SSSR count). The van der Waals surface area contributed by atoms with E-state index in [1.54, 1.807) is 25.2 Å². The van der Waals surface area contributed by atoms with Crippen molar-refractivity contribution in [2.45, 2.75) is 93.0 Å². The van der Waals surface area contributed by atoms with Crippen molar-refractivity contribution >= 4 is 40.3 Å². The van der Waals surface area contributed by atoms with Crippen LogP contribution in [0.4, 0.5) is 17.5 Å². The van der Waals surface area contributed by atoms with Gasteiger partial charge in [-0.25, -0.2) is 9.97 Å². The standard InChI is InChI=1S/C24H33N7O.C4H9NO.2C2H6/c1-4-22(32)30(13-12-25-3)20-10-11-21(26-16-20)28-24-27-15-18-14-17(2)31(23(18)29-24)19-8-6-5-7-9-19;1-4(6)5(2)3;2*1-2/h10-11,14-16,19,25H,4-9,12-13H2,1-3H3,(H,26,27,28,29);1-3H3;2*1-2H3. The first-order valence-corrected chi connectivity index (χ1v) is 15.5. The molecule has 0 bridgehead atoms. The fourth-order valence-electron chi connectivity index (χ4n) is 4.55. The third-order valence-electron chi connectivity index (χ3n) is 6.83. The highest BCUT2D eigenvalue weighted by Gasteiger charge is 2.20. The minimum Gasteiger partial charge on any atom is -0.349 e. The number of carbonyl (C=O) groups excluding carboxylic acids is 2. The van der Waals surface area contributed by atoms with Gasteiger partial charge < -0.3 is 25.0 Å². The molecule has 2 amide bonds. The first kappa shape index (κ1) is 36.5. The number of anilines is 3. The zero-order chi connectivity index (χ0) is 31.7. The van der Waals surface area contributed by atoms with Gasteiger partial charge in [-0.05, 0) is 45.0 Å². The van der Waals surface area contributed by atoms with Crippen LogP contribution in [0.2, 0.25) is 0 Å². The van der Waals surface area contributed by atoms with Gasteiger partial charge in [0.2, 0.25) is 17.8 Å². The maximum atomic E-state index is 12.3. The van der Waals surface area contributed by atoms with Crippen LogP contribution in [-0.4, -0.2) is 70.5 Å². The van der Waals surface area contributed by atoms with Crippen LogP contribution < -0.4 is 15.5 Å². The smallest absolute Gasteiger partial charge is 0.230 e. The zero-order valence-electron chi connectivity index (χ0n) is 27.6. The van der Waals surface area contributed by atoms with Gasteiger partial charge in [-0.3, -0.25) is 9.59 Å². The molecule has 10 nitrogen and oxygen atoms in total. The van der Waals surface area contributed by atoms with Gasteiger partial charge in [0.25, 0.3) is 0 Å². The van der Waals surface area contributed by atoms with E-state index in [2.05, 4.69) is 38.2 Å². The monoisotopic (exact) mass is 582 g/mol. The lowest BCUT2D eigenvalue weighted by Crippen LogP contribution is -2.35. The number of amides is 2. The average molecular weight is 583 g/mol. The molecule has 10 heteroatoms. The second kappa shape index (κ2) is 19.6. The third-order valence-corrected chi connectivity index (χ3v) is 6.83. The number of aryl methyl sites for hydroxylation is 1. The Labute approximate surface area is 253 Å². The van der Waals surface area contributed by atoms with Crippen molar-refractivity contribution in [3.8, 4) is 0 Å². The fraction of sp³-hybridized carbons (Fsp3) is 0.594. The van der Waals surface area contributed by atoms with E-state index in [1.165, 1.54) is 49.6 Å². The van der Waals surface area contributed by atoms with Crippen molar-refractivity contribution in [3.05, 3.63) is 36.3 Å². The molecule has 0 saturated heterocycles. The van der Waals surface area contributed by atoms with Crippen LogP contribution in [0.3, 0.4) is 0 Å². The number of rotatable bonds is 8. The van der Waals surface area contributed by atoms with Crippen molar-refractivity contribution in [3.63, 3.8) is 0 Å². The summed E-state index contributed by atoms with van der Waals surface area (Å²) in [6.45, 7) is 14.9. The summed E-state index contributed by atoms with van der Waals surface area (Å²) in [5.41, 5.74) is 3.01. The molecule has 0 aliphatic heterocycles. The number of carbonyl (C=O) groups is 2. The summed E-state index contributed by atoms with van der Waals surface area (Å²) in [5, 5.41) is 7.39. The third kappa shape index (κ3) is 10.7. The second-order valence-electron chi connectivity index (χ2n) is 9.86. The minimum absolute atomic E-state index is 0.0791. The van der Waals surface area contributed by atoms with Gasteiger partial charge in [-0.15, -0.1) is 0 Å². The van der Waals surface area contributed by atoms with Gasteiger partial charge in [0, 0.05) is 63.8 Å². The van der Waals surface area contributed by atoms with Crippen LogP contribution in [0.15, 0.2) is 30.6 Å². The molecular weight excluding hydrogens is 528 g/mol. The Morgan fingerprint density at radius 3 is 2.19 bits per heavy atom. The first-order valence-electron chi connectivity index (χ1n) is 15.5. The van der Waals surface area contributed by atoms with E-state index in [0.29, 0.717) is 30.8 Å². The molecule has 3 aromatic heterocycles. The van der Waals surface area contributed by atoms with E-state index in [4.69, 9.17) is 4.98 Å². The summed E-state index contributed by atoms with van der Waals surface area (Å²) in [6, 6.07) is 6.46. The molecule has 0 spiro atoms. The number of hydrogen-bond donors (Lipinski definition) is 2. The van der Waals surface area contributed by atoms with Gasteiger partial charge in [0.1, 0.15) is 11.5 Å². The molecule has 1 aliphatic carbocycles. The van der Waals surface area contributed by atoms with Gasteiger partial charge >= 0.3 is 0 Å². The summed E-state index contributed by atoms with van der Waals surface area (Å²) in [4.78, 5) is 39.5. The molecule has 3 aromatic rings. The SMILES string of the molecule is CC.CC.CC(=O)N(C)C.CCC(=O)N(CCNC)c1ccc(Nc2ncc3cc(C)n(C4CCCCC4)c3n2)nc1. The predicted octanol–water partition coefficient (Wildman–Crippen LogP) is 6.49. The quantitative estimate of drug-likeness (QED) is 0.312. The van der Waals surface area contributed by atoms with Crippen LogP contribution in [0.25, 0.3) is 11.0 Å². The minimum atomic E-state index is 0.0791. The van der Waals surface area contributed by atoms with Crippen molar-refractivity contribution in [1.82, 2.24) is 29.7 Å². The molecule has 3 heterocycles. The Balaban J connectivity index is 0.000000775. The molecule has 0 unspecified atom stereocenters. The van der Waals surface area contributed by atoms with Crippen LogP contribution in [-0.2, 0) is 9.59 Å². The molecule has 1 fully saturated rings. The molecule has 1 saturated carbocycles. The highest BCUT2D eigenvalue weighted by Crippen LogP contribution is 2.33. The molecular formula is C32H54N8O2. The lowest BCUT2D eigenvalue weighted by atomic mass is 9.95. The summed E-state index contributed by atoms with van der Waals surface area (Å²) in [5.74, 6) is 1.35. The number of likely N-dealkylation sites (N-methyl/N-ethyl adjacent to an activating group) is 1. The van der Waals surface area contributed by atoms with E-state index >= 15 is 0 Å². The molecule has 0 radical (unpaired) electrons. The highest BCUT2D eigenvalue weighted by molar-refractivity contribution is 5.93. The van der Waals surface area contributed by atoms with Crippen LogP contribution in [0.5, 0.6) is 0 Å². The summed E-state index contributed by atoms with van der Waals surface area (Å²) in [7, 11) is 5.33. The molecule has 0 aromatic carbocycles. The van der Waals surface area contributed by atoms with E-state index in [9.17, 15) is 9.59 Å². The predicted molar refractivity (Wildman–Crippen MR) is 176 cm³/mol. The lowest BCUT2D eigenvalue weighted by Gasteiger charge is -2.25. The van der Waals surface area contributed by atoms with E-state index in [1.807, 2.05) is 60.0 Å². The van der Waals surface area contributed by atoms with Crippen molar-refractivity contribution in [2.24, 2.45) is 0 Å². The number of fused-ring (bicyclic) bond motifs is 1. The van der Waals surface area contributed by atoms with E-state index < -0.39 is 0 Å². The normalized spacial score (nSPS) is 12.5. The summed E-state index contributed by atoms with van der Waals surface area (Å²) >= 11 is 0. The van der Waals surface area contributed by atoms with Gasteiger partial charge in [-0.1, -0.05) is 53.9 Å². The van der Waals surface area contributed by atoms with Crippen LogP contribution in [0.1, 0.15) is 91.8 Å². The second-order valence-corrected chi connectivity index (χ2v) is 9.86. The van der Waals surface area contributed by atoms with Gasteiger partial charge in [-0.2, -0.15) is 4.98 Å². The van der Waals surface area contributed by atoms with Gasteiger partial charge in [0.15, 0.2) is 0 Å². The zero-order valence-corrected chi connectivity index (χ0v) is 27.6. The Bertz CT molecular complexity index is 1200. The first-order chi connectivity index (χ1) is 20.2. The molecule has 0 atom stereocenters. The lowest BCUT2D eigenvalue weighted by molar-refractivity contribution is -0.126. The Morgan fingerprint density at radius 2 is 1.67 bits per heavy atom. The Kier molecular flexibility index (Phi) is 17.0. The van der Waals surface area contributed by atoms with Gasteiger partial charge in [0.05, 0.1) is 11.9 Å². The Morgan fingerprint density at radius 1 is 1.02 bits per heavy atom. The van der Waals surface area contributed by atoms with E-state index in [-0.39, 0.29) is 11.8 Å². The molecule has 2 N–H and O–H groups in total. The molecule has 42 heavy (non-hydrogen) atoms. The van der Waals surface area contributed by atoms with Crippen molar-refractivity contribution in [2.75, 3.05) is 44.4 Å². The summed E-state index contributed by atoms with van der Waals surface area (Å²) in [6.07, 6.45) is 10.4. The van der Waals surface area contributed by atoms with Crippen LogP contribution in [0, 0.1) is 6.92 Å². The van der Waals surface area contributed by atoms with Crippen molar-refractivity contribution in [1.29, 1.82) is 0 Å². The Hall–Kier alpha value is -3.53. The number of nitrogens with one attached hydrogen (secondary N) is 2. The number of hydrogen-bond acceptors (Lipinski definition) is 7. The molecule has 1 aliphatic rings. The topological polar surface area (TPSA) is 108 Å². The fourth-order valence-corrected chi connectivity index (χ4v) is 4.55. The van der Waals surface area contributed by atoms with Crippen molar-refractivity contribution < 1.29 is 9.59 Å². The van der Waals surface area contributed by atoms with Crippen LogP contribution >= 0.6 is 0 Å². The molecule has 234 valence electrons. The highest BCUT2D eigenvalue weighted by atomic mass is 16.2. The largest absolute Gasteiger partial charge is 0.349 e. The number of pyridine rings is 1. The number of aromatic nitrogens is 4. The van der Waals surface area contributed by atoms with E-state index in [0.717, 1.165) is 23.3 Å².